The molecule has 0 saturated heterocycles. The average molecular weight is 346 g/mol. The maximum Gasteiger partial charge on any atom is 0.0471 e. The van der Waals surface area contributed by atoms with Gasteiger partial charge < -0.3 is 10.4 Å². The van der Waals surface area contributed by atoms with Crippen LogP contribution in [-0.4, -0.2) is 17.8 Å². The third-order valence-electron chi connectivity index (χ3n) is 4.18. The van der Waals surface area contributed by atoms with Crippen molar-refractivity contribution in [3.8, 4) is 0 Å². The average Bonchev–Trinajstić information content (AvgIpc) is 2.44. The van der Waals surface area contributed by atoms with Crippen LogP contribution < -0.4 is 5.32 Å². The molecule has 0 spiro atoms. The van der Waals surface area contributed by atoms with E-state index in [4.69, 9.17) is 5.11 Å². The smallest absolute Gasteiger partial charge is 0.0471 e. The number of halogens is 1. The summed E-state index contributed by atoms with van der Waals surface area (Å²) >= 11 is 3.54. The highest BCUT2D eigenvalue weighted by molar-refractivity contribution is 9.10. The Labute approximate surface area is 134 Å². The van der Waals surface area contributed by atoms with Crippen molar-refractivity contribution in [2.75, 3.05) is 11.9 Å². The van der Waals surface area contributed by atoms with Crippen LogP contribution in [0, 0.1) is 0 Å². The molecular weight excluding hydrogens is 326 g/mol. The number of aliphatic hydroxyl groups excluding tert-OH is 1. The van der Waals surface area contributed by atoms with E-state index in [2.05, 4.69) is 69.8 Å². The molecule has 0 bridgehead atoms. The van der Waals surface area contributed by atoms with Gasteiger partial charge in [-0.15, -0.1) is 0 Å². The van der Waals surface area contributed by atoms with Crippen LogP contribution in [0.2, 0.25) is 0 Å². The summed E-state index contributed by atoms with van der Waals surface area (Å²) in [5.41, 5.74) is 3.79. The van der Waals surface area contributed by atoms with Crippen LogP contribution in [0.25, 0.3) is 0 Å². The maximum atomic E-state index is 8.92. The number of benzene rings is 2. The molecule has 1 aliphatic rings. The lowest BCUT2D eigenvalue weighted by Gasteiger charge is -2.37. The highest BCUT2D eigenvalue weighted by Crippen LogP contribution is 2.39. The van der Waals surface area contributed by atoms with Gasteiger partial charge in [-0.2, -0.15) is 0 Å². The molecule has 0 unspecified atom stereocenters. The van der Waals surface area contributed by atoms with Crippen molar-refractivity contribution in [1.82, 2.24) is 0 Å². The summed E-state index contributed by atoms with van der Waals surface area (Å²) in [6, 6.07) is 17.6. The molecule has 0 aromatic heterocycles. The molecule has 110 valence electrons. The minimum atomic E-state index is 0.212. The molecule has 0 heterocycles. The molecule has 2 aromatic carbocycles. The van der Waals surface area contributed by atoms with Crippen LogP contribution in [0.3, 0.4) is 0 Å². The van der Waals surface area contributed by atoms with E-state index in [1.807, 2.05) is 0 Å². The molecule has 21 heavy (non-hydrogen) atoms. The fraction of sp³-hybridized carbons (Fsp3) is 0.333. The molecule has 2 nitrogen and oxygen atoms in total. The highest BCUT2D eigenvalue weighted by Gasteiger charge is 2.30. The summed E-state index contributed by atoms with van der Waals surface area (Å²) < 4.78 is 1.16. The fourth-order valence-corrected chi connectivity index (χ4v) is 3.32. The molecule has 2 aromatic rings. The molecule has 1 saturated carbocycles. The van der Waals surface area contributed by atoms with E-state index in [-0.39, 0.29) is 6.61 Å². The second-order valence-electron chi connectivity index (χ2n) is 5.74. The fourth-order valence-electron chi connectivity index (χ4n) is 2.90. The van der Waals surface area contributed by atoms with Crippen LogP contribution in [-0.2, 0) is 6.42 Å². The van der Waals surface area contributed by atoms with Gasteiger partial charge in [-0.1, -0.05) is 40.2 Å². The van der Waals surface area contributed by atoms with Gasteiger partial charge in [0.25, 0.3) is 0 Å². The Balaban J connectivity index is 1.52. The Morgan fingerprint density at radius 1 is 1.10 bits per heavy atom. The Bertz CT molecular complexity index is 590. The molecule has 3 rings (SSSR count). The lowest BCUT2D eigenvalue weighted by Crippen LogP contribution is -2.33. The van der Waals surface area contributed by atoms with Crippen molar-refractivity contribution < 1.29 is 5.11 Å². The van der Waals surface area contributed by atoms with E-state index in [0.29, 0.717) is 12.0 Å². The molecule has 1 fully saturated rings. The third kappa shape index (κ3) is 3.66. The topological polar surface area (TPSA) is 32.3 Å². The first-order chi connectivity index (χ1) is 10.2. The van der Waals surface area contributed by atoms with Gasteiger partial charge in [0.1, 0.15) is 0 Å². The number of anilines is 1. The summed E-state index contributed by atoms with van der Waals surface area (Å²) in [7, 11) is 0. The molecule has 0 amide bonds. The second kappa shape index (κ2) is 6.63. The van der Waals surface area contributed by atoms with Crippen LogP contribution >= 0.6 is 15.9 Å². The van der Waals surface area contributed by atoms with Gasteiger partial charge >= 0.3 is 0 Å². The van der Waals surface area contributed by atoms with Gasteiger partial charge in [0.15, 0.2) is 0 Å². The van der Waals surface area contributed by atoms with Gasteiger partial charge in [-0.25, -0.2) is 0 Å². The largest absolute Gasteiger partial charge is 0.396 e. The van der Waals surface area contributed by atoms with E-state index >= 15 is 0 Å². The maximum absolute atomic E-state index is 8.92. The lowest BCUT2D eigenvalue weighted by molar-refractivity contribution is 0.299. The molecule has 0 atom stereocenters. The summed E-state index contributed by atoms with van der Waals surface area (Å²) in [4.78, 5) is 0. The van der Waals surface area contributed by atoms with Crippen molar-refractivity contribution in [3.63, 3.8) is 0 Å². The first-order valence-electron chi connectivity index (χ1n) is 7.46. The monoisotopic (exact) mass is 345 g/mol. The number of aliphatic hydroxyl groups is 1. The molecule has 1 aliphatic carbocycles. The van der Waals surface area contributed by atoms with Gasteiger partial charge in [0.05, 0.1) is 0 Å². The molecule has 0 aliphatic heterocycles. The van der Waals surface area contributed by atoms with Gasteiger partial charge in [0, 0.05) is 22.8 Å². The molecule has 2 N–H and O–H groups in total. The van der Waals surface area contributed by atoms with E-state index < -0.39 is 0 Å². The second-order valence-corrected chi connectivity index (χ2v) is 6.65. The number of rotatable bonds is 5. The first kappa shape index (κ1) is 14.6. The zero-order valence-corrected chi connectivity index (χ0v) is 13.5. The Morgan fingerprint density at radius 3 is 2.52 bits per heavy atom. The van der Waals surface area contributed by atoms with Gasteiger partial charge in [-0.05, 0) is 60.6 Å². The van der Waals surface area contributed by atoms with Gasteiger partial charge in [0.2, 0.25) is 0 Å². The van der Waals surface area contributed by atoms with Crippen LogP contribution in [0.15, 0.2) is 53.0 Å². The number of nitrogens with one attached hydrogen (secondary N) is 1. The van der Waals surface area contributed by atoms with Crippen molar-refractivity contribution in [2.24, 2.45) is 0 Å². The minimum Gasteiger partial charge on any atom is -0.396 e. The number of hydrogen-bond acceptors (Lipinski definition) is 2. The van der Waals surface area contributed by atoms with E-state index in [9.17, 15) is 0 Å². The summed E-state index contributed by atoms with van der Waals surface area (Å²) in [5, 5.41) is 12.5. The molecule has 0 radical (unpaired) electrons. The molecular formula is C18H20BrNO. The summed E-state index contributed by atoms with van der Waals surface area (Å²) in [6.45, 7) is 0.212. The zero-order valence-electron chi connectivity index (χ0n) is 11.9. The van der Waals surface area contributed by atoms with E-state index in [1.54, 1.807) is 0 Å². The normalized spacial score (nSPS) is 20.9. The van der Waals surface area contributed by atoms with Crippen LogP contribution in [0.5, 0.6) is 0 Å². The van der Waals surface area contributed by atoms with Crippen LogP contribution in [0.4, 0.5) is 5.69 Å². The van der Waals surface area contributed by atoms with Crippen molar-refractivity contribution >= 4 is 21.6 Å². The minimum absolute atomic E-state index is 0.212. The highest BCUT2D eigenvalue weighted by atomic mass is 79.9. The number of hydrogen-bond donors (Lipinski definition) is 2. The Kier molecular flexibility index (Phi) is 4.61. The van der Waals surface area contributed by atoms with Crippen molar-refractivity contribution in [3.05, 3.63) is 64.1 Å². The molecule has 3 heteroatoms. The van der Waals surface area contributed by atoms with E-state index in [0.717, 1.165) is 10.9 Å². The predicted molar refractivity (Wildman–Crippen MR) is 90.8 cm³/mol. The third-order valence-corrected chi connectivity index (χ3v) is 4.68. The Hall–Kier alpha value is -1.32. The lowest BCUT2D eigenvalue weighted by atomic mass is 9.76. The van der Waals surface area contributed by atoms with E-state index in [1.165, 1.54) is 29.7 Å². The quantitative estimate of drug-likeness (QED) is 0.844. The SMILES string of the molecule is OCCc1ccc(NC2CC(c3cccc(Br)c3)C2)cc1. The standard InChI is InChI=1S/C18H20BrNO/c19-16-3-1-2-14(10-16)15-11-18(12-15)20-17-6-4-13(5-7-17)8-9-21/h1-7,10,15,18,20-21H,8-9,11-12H2. The van der Waals surface area contributed by atoms with Crippen LogP contribution in [0.1, 0.15) is 29.9 Å². The first-order valence-corrected chi connectivity index (χ1v) is 8.25. The zero-order chi connectivity index (χ0) is 14.7. The van der Waals surface area contributed by atoms with Crippen molar-refractivity contribution in [2.45, 2.75) is 31.2 Å². The summed E-state index contributed by atoms with van der Waals surface area (Å²) in [6.07, 6.45) is 3.11. The predicted octanol–water partition coefficient (Wildman–Crippen LogP) is 4.34. The van der Waals surface area contributed by atoms with Gasteiger partial charge in [-0.3, -0.25) is 0 Å². The Morgan fingerprint density at radius 2 is 1.86 bits per heavy atom. The summed E-state index contributed by atoms with van der Waals surface area (Å²) in [5.74, 6) is 0.675. The van der Waals surface area contributed by atoms with Crippen molar-refractivity contribution in [1.29, 1.82) is 0 Å².